The molecule has 134 valence electrons. The maximum Gasteiger partial charge on any atom is 0.222 e. The molecule has 1 amide bonds. The third-order valence-electron chi connectivity index (χ3n) is 3.97. The van der Waals surface area contributed by atoms with Gasteiger partial charge in [0.2, 0.25) is 5.91 Å². The van der Waals surface area contributed by atoms with Crippen LogP contribution in [0.4, 0.5) is 0 Å². The van der Waals surface area contributed by atoms with Crippen LogP contribution < -0.4 is 10.1 Å². The van der Waals surface area contributed by atoms with Crippen LogP contribution in [0.3, 0.4) is 0 Å². The zero-order valence-corrected chi connectivity index (χ0v) is 15.3. The van der Waals surface area contributed by atoms with Gasteiger partial charge in [0.25, 0.3) is 0 Å². The topological polar surface area (TPSA) is 75.7 Å². The minimum atomic E-state index is -3.19. The number of benzene rings is 1. The SMILES string of the molecule is C[C@@H]1CN(C(=O)CCCOc2ccc(S(C)(=O)=O)cc2)C[C@@H](C)N1. The Bertz CT molecular complexity index is 648. The third kappa shape index (κ3) is 5.49. The fourth-order valence-electron chi connectivity index (χ4n) is 2.89. The molecule has 1 N–H and O–H groups in total. The number of ether oxygens (including phenoxy) is 1. The van der Waals surface area contributed by atoms with E-state index in [4.69, 9.17) is 4.74 Å². The summed E-state index contributed by atoms with van der Waals surface area (Å²) in [6.45, 7) is 6.09. The maximum absolute atomic E-state index is 12.2. The van der Waals surface area contributed by atoms with Crippen LogP contribution in [0.25, 0.3) is 0 Å². The average Bonchev–Trinajstić information content (AvgIpc) is 2.50. The molecular weight excluding hydrogens is 328 g/mol. The van der Waals surface area contributed by atoms with E-state index in [1.165, 1.54) is 18.4 Å². The number of amides is 1. The first-order chi connectivity index (χ1) is 11.3. The minimum absolute atomic E-state index is 0.159. The molecule has 2 rings (SSSR count). The molecule has 0 aromatic heterocycles. The van der Waals surface area contributed by atoms with E-state index in [1.807, 2.05) is 4.90 Å². The van der Waals surface area contributed by atoms with Crippen LogP contribution in [0.5, 0.6) is 5.75 Å². The highest BCUT2D eigenvalue weighted by Crippen LogP contribution is 2.16. The Hall–Kier alpha value is -1.60. The monoisotopic (exact) mass is 354 g/mol. The number of nitrogens with zero attached hydrogens (tertiary/aromatic N) is 1. The minimum Gasteiger partial charge on any atom is -0.494 e. The second-order valence-corrected chi connectivity index (χ2v) is 8.48. The van der Waals surface area contributed by atoms with Gasteiger partial charge in [0.1, 0.15) is 5.75 Å². The van der Waals surface area contributed by atoms with Gasteiger partial charge in [-0.15, -0.1) is 0 Å². The van der Waals surface area contributed by atoms with E-state index in [9.17, 15) is 13.2 Å². The van der Waals surface area contributed by atoms with Crippen molar-refractivity contribution < 1.29 is 17.9 Å². The van der Waals surface area contributed by atoms with Gasteiger partial charge >= 0.3 is 0 Å². The number of nitrogens with one attached hydrogen (secondary N) is 1. The first-order valence-corrected chi connectivity index (χ1v) is 10.1. The number of sulfone groups is 1. The van der Waals surface area contributed by atoms with E-state index in [2.05, 4.69) is 19.2 Å². The largest absolute Gasteiger partial charge is 0.494 e. The molecule has 1 aliphatic heterocycles. The number of hydrogen-bond donors (Lipinski definition) is 1. The lowest BCUT2D eigenvalue weighted by Gasteiger charge is -2.36. The smallest absolute Gasteiger partial charge is 0.222 e. The van der Waals surface area contributed by atoms with E-state index in [-0.39, 0.29) is 10.8 Å². The molecule has 2 atom stereocenters. The quantitative estimate of drug-likeness (QED) is 0.783. The van der Waals surface area contributed by atoms with Crippen LogP contribution in [0.1, 0.15) is 26.7 Å². The van der Waals surface area contributed by atoms with Gasteiger partial charge in [0, 0.05) is 37.8 Å². The summed E-state index contributed by atoms with van der Waals surface area (Å²) in [6, 6.07) is 6.97. The predicted molar refractivity (Wildman–Crippen MR) is 92.9 cm³/mol. The Kier molecular flexibility index (Phi) is 6.23. The molecule has 0 radical (unpaired) electrons. The predicted octanol–water partition coefficient (Wildman–Crippen LogP) is 1.46. The first-order valence-electron chi connectivity index (χ1n) is 8.22. The molecule has 1 heterocycles. The van der Waals surface area contributed by atoms with Gasteiger partial charge in [-0.25, -0.2) is 8.42 Å². The van der Waals surface area contributed by atoms with Gasteiger partial charge in [0.15, 0.2) is 9.84 Å². The molecule has 24 heavy (non-hydrogen) atoms. The van der Waals surface area contributed by atoms with Crippen LogP contribution in [0.15, 0.2) is 29.2 Å². The average molecular weight is 354 g/mol. The van der Waals surface area contributed by atoms with Gasteiger partial charge in [0.05, 0.1) is 11.5 Å². The fraction of sp³-hybridized carbons (Fsp3) is 0.588. The number of carbonyl (C=O) groups is 1. The Balaban J connectivity index is 1.73. The maximum atomic E-state index is 12.2. The molecule has 0 bridgehead atoms. The summed E-state index contributed by atoms with van der Waals surface area (Å²) >= 11 is 0. The molecule has 1 aromatic carbocycles. The van der Waals surface area contributed by atoms with Crippen LogP contribution in [-0.2, 0) is 14.6 Å². The zero-order valence-electron chi connectivity index (χ0n) is 14.5. The van der Waals surface area contributed by atoms with Gasteiger partial charge in [-0.3, -0.25) is 4.79 Å². The second-order valence-electron chi connectivity index (χ2n) is 6.46. The summed E-state index contributed by atoms with van der Waals surface area (Å²) in [4.78, 5) is 14.4. The van der Waals surface area contributed by atoms with Gasteiger partial charge in [-0.1, -0.05) is 0 Å². The Morgan fingerprint density at radius 1 is 1.21 bits per heavy atom. The van der Waals surface area contributed by atoms with Crippen LogP contribution in [-0.4, -0.2) is 57.3 Å². The Morgan fingerprint density at radius 3 is 2.33 bits per heavy atom. The number of rotatable bonds is 6. The molecule has 1 aromatic rings. The van der Waals surface area contributed by atoms with Gasteiger partial charge in [-0.2, -0.15) is 0 Å². The number of carbonyl (C=O) groups excluding carboxylic acids is 1. The summed E-state index contributed by atoms with van der Waals surface area (Å²) < 4.78 is 28.4. The van der Waals surface area contributed by atoms with Gasteiger partial charge < -0.3 is 15.0 Å². The molecule has 7 heteroatoms. The van der Waals surface area contributed by atoms with E-state index < -0.39 is 9.84 Å². The molecule has 0 aliphatic carbocycles. The number of hydrogen-bond acceptors (Lipinski definition) is 5. The van der Waals surface area contributed by atoms with E-state index >= 15 is 0 Å². The van der Waals surface area contributed by atoms with Gasteiger partial charge in [-0.05, 0) is 44.5 Å². The lowest BCUT2D eigenvalue weighted by Crippen LogP contribution is -2.55. The second kappa shape index (κ2) is 7.98. The van der Waals surface area contributed by atoms with Crippen LogP contribution in [0.2, 0.25) is 0 Å². The fourth-order valence-corrected chi connectivity index (χ4v) is 3.52. The van der Waals surface area contributed by atoms with E-state index in [0.29, 0.717) is 37.3 Å². The first kappa shape index (κ1) is 18.7. The van der Waals surface area contributed by atoms with Crippen molar-refractivity contribution in [3.63, 3.8) is 0 Å². The van der Waals surface area contributed by atoms with Crippen LogP contribution in [0, 0.1) is 0 Å². The van der Waals surface area contributed by atoms with Crippen molar-refractivity contribution in [2.24, 2.45) is 0 Å². The van der Waals surface area contributed by atoms with Crippen LogP contribution >= 0.6 is 0 Å². The third-order valence-corrected chi connectivity index (χ3v) is 5.09. The summed E-state index contributed by atoms with van der Waals surface area (Å²) in [7, 11) is -3.19. The molecule has 0 unspecified atom stereocenters. The summed E-state index contributed by atoms with van der Waals surface area (Å²) in [6.07, 6.45) is 2.27. The molecule has 1 saturated heterocycles. The highest BCUT2D eigenvalue weighted by molar-refractivity contribution is 7.90. The summed E-state index contributed by atoms with van der Waals surface area (Å²) in [5.41, 5.74) is 0. The van der Waals surface area contributed by atoms with E-state index in [0.717, 1.165) is 13.1 Å². The summed E-state index contributed by atoms with van der Waals surface area (Å²) in [5.74, 6) is 0.769. The normalized spacial score (nSPS) is 21.5. The standard InChI is InChI=1S/C17H26N2O4S/c1-13-11-19(12-14(2)18-13)17(20)5-4-10-23-15-6-8-16(9-7-15)24(3,21)22/h6-9,13-14,18H,4-5,10-12H2,1-3H3/t13-,14-/m1/s1. The zero-order chi connectivity index (χ0) is 17.7. The Labute approximate surface area is 144 Å². The van der Waals surface area contributed by atoms with Crippen molar-refractivity contribution in [1.29, 1.82) is 0 Å². The van der Waals surface area contributed by atoms with Crippen molar-refractivity contribution in [2.45, 2.75) is 43.7 Å². The molecule has 0 spiro atoms. The van der Waals surface area contributed by atoms with Crippen molar-refractivity contribution >= 4 is 15.7 Å². The van der Waals surface area contributed by atoms with E-state index in [1.54, 1.807) is 12.1 Å². The summed E-state index contributed by atoms with van der Waals surface area (Å²) in [5, 5.41) is 3.41. The molecule has 0 saturated carbocycles. The van der Waals surface area contributed by atoms with Crippen molar-refractivity contribution in [2.75, 3.05) is 26.0 Å². The molecule has 1 fully saturated rings. The molecular formula is C17H26N2O4S. The van der Waals surface area contributed by atoms with Crippen molar-refractivity contribution in [3.05, 3.63) is 24.3 Å². The lowest BCUT2D eigenvalue weighted by atomic mass is 10.1. The highest BCUT2D eigenvalue weighted by Gasteiger charge is 2.24. The number of piperazine rings is 1. The molecule has 1 aliphatic rings. The van der Waals surface area contributed by atoms with Crippen molar-refractivity contribution in [1.82, 2.24) is 10.2 Å². The van der Waals surface area contributed by atoms with Crippen molar-refractivity contribution in [3.8, 4) is 5.75 Å². The Morgan fingerprint density at radius 2 is 1.79 bits per heavy atom. The lowest BCUT2D eigenvalue weighted by molar-refractivity contribution is -0.133. The molecule has 6 nitrogen and oxygen atoms in total. The highest BCUT2D eigenvalue weighted by atomic mass is 32.2.